The largest absolute Gasteiger partial charge is 0.481 e. The van der Waals surface area contributed by atoms with E-state index in [9.17, 15) is 9.59 Å². The van der Waals surface area contributed by atoms with Crippen molar-refractivity contribution in [2.24, 2.45) is 5.92 Å². The van der Waals surface area contributed by atoms with Crippen molar-refractivity contribution in [3.05, 3.63) is 0 Å². The lowest BCUT2D eigenvalue weighted by atomic mass is 9.97. The Morgan fingerprint density at radius 3 is 1.83 bits per heavy atom. The first-order chi connectivity index (χ1) is 8.52. The van der Waals surface area contributed by atoms with Crippen molar-refractivity contribution in [3.63, 3.8) is 0 Å². The van der Waals surface area contributed by atoms with Gasteiger partial charge in [-0.05, 0) is 18.8 Å². The highest BCUT2D eigenvalue weighted by Gasteiger charge is 2.05. The van der Waals surface area contributed by atoms with Gasteiger partial charge in [-0.25, -0.2) is 0 Å². The molecule has 0 spiro atoms. The van der Waals surface area contributed by atoms with Gasteiger partial charge in [0.05, 0.1) is 0 Å². The third-order valence-electron chi connectivity index (χ3n) is 3.19. The van der Waals surface area contributed by atoms with Crippen molar-refractivity contribution < 1.29 is 19.8 Å². The predicted octanol–water partition coefficient (Wildman–Crippen LogP) is 3.69. The summed E-state index contributed by atoms with van der Waals surface area (Å²) in [7, 11) is 0. The third kappa shape index (κ3) is 13.0. The highest BCUT2D eigenvalue weighted by Crippen LogP contribution is 2.16. The minimum Gasteiger partial charge on any atom is -0.481 e. The average molecular weight is 258 g/mol. The Morgan fingerprint density at radius 2 is 1.28 bits per heavy atom. The molecule has 1 unspecified atom stereocenters. The minimum absolute atomic E-state index is 0.274. The lowest BCUT2D eigenvalue weighted by Crippen LogP contribution is -2.01. The fourth-order valence-corrected chi connectivity index (χ4v) is 1.99. The molecule has 0 aliphatic heterocycles. The topological polar surface area (TPSA) is 74.6 Å². The summed E-state index contributed by atoms with van der Waals surface area (Å²) < 4.78 is 0. The number of carboxylic acids is 2. The molecule has 4 nitrogen and oxygen atoms in total. The van der Waals surface area contributed by atoms with Crippen molar-refractivity contribution in [3.8, 4) is 0 Å². The number of aliphatic carboxylic acids is 2. The smallest absolute Gasteiger partial charge is 0.303 e. The first-order valence-electron chi connectivity index (χ1n) is 6.96. The Morgan fingerprint density at radius 1 is 0.778 bits per heavy atom. The van der Waals surface area contributed by atoms with Crippen molar-refractivity contribution in [2.45, 2.75) is 71.1 Å². The Labute approximate surface area is 109 Å². The summed E-state index contributed by atoms with van der Waals surface area (Å²) in [6, 6.07) is 0. The van der Waals surface area contributed by atoms with E-state index in [0.29, 0.717) is 5.92 Å². The molecule has 106 valence electrons. The van der Waals surface area contributed by atoms with Gasteiger partial charge in [-0.1, -0.05) is 45.4 Å². The van der Waals surface area contributed by atoms with Gasteiger partial charge in [0.25, 0.3) is 0 Å². The van der Waals surface area contributed by atoms with Gasteiger partial charge in [-0.2, -0.15) is 0 Å². The van der Waals surface area contributed by atoms with Crippen molar-refractivity contribution in [1.29, 1.82) is 0 Å². The zero-order valence-electron chi connectivity index (χ0n) is 11.4. The molecule has 0 aromatic heterocycles. The Kier molecular flexibility index (Phi) is 10.4. The van der Waals surface area contributed by atoms with Gasteiger partial charge in [-0.3, -0.25) is 9.59 Å². The second-order valence-corrected chi connectivity index (χ2v) is 5.09. The maximum absolute atomic E-state index is 10.4. The van der Waals surface area contributed by atoms with Crippen LogP contribution in [0.4, 0.5) is 0 Å². The molecule has 0 radical (unpaired) electrons. The SMILES string of the molecule is CC(CCCCCCCCC(=O)O)CCC(=O)O. The number of rotatable bonds is 12. The summed E-state index contributed by atoms with van der Waals surface area (Å²) in [4.78, 5) is 20.7. The molecule has 0 amide bonds. The van der Waals surface area contributed by atoms with Gasteiger partial charge < -0.3 is 10.2 Å². The molecule has 0 saturated heterocycles. The average Bonchev–Trinajstić information content (AvgIpc) is 2.29. The van der Waals surface area contributed by atoms with Crippen LogP contribution in [0.2, 0.25) is 0 Å². The monoisotopic (exact) mass is 258 g/mol. The Hall–Kier alpha value is -1.06. The maximum atomic E-state index is 10.4. The highest BCUT2D eigenvalue weighted by molar-refractivity contribution is 5.66. The fourth-order valence-electron chi connectivity index (χ4n) is 1.99. The molecule has 0 heterocycles. The molecule has 1 atom stereocenters. The van der Waals surface area contributed by atoms with Gasteiger partial charge in [0, 0.05) is 12.8 Å². The summed E-state index contributed by atoms with van der Waals surface area (Å²) in [5, 5.41) is 17.0. The summed E-state index contributed by atoms with van der Waals surface area (Å²) >= 11 is 0. The quantitative estimate of drug-likeness (QED) is 0.523. The highest BCUT2D eigenvalue weighted by atomic mass is 16.4. The van der Waals surface area contributed by atoms with Crippen LogP contribution in [0.3, 0.4) is 0 Å². The Bertz CT molecular complexity index is 238. The van der Waals surface area contributed by atoms with Crippen LogP contribution in [-0.2, 0) is 9.59 Å². The van der Waals surface area contributed by atoms with Gasteiger partial charge in [0.1, 0.15) is 0 Å². The summed E-state index contributed by atoms with van der Waals surface area (Å²) in [5.41, 5.74) is 0. The number of hydrogen-bond donors (Lipinski definition) is 2. The first-order valence-corrected chi connectivity index (χ1v) is 6.96. The van der Waals surface area contributed by atoms with E-state index >= 15 is 0 Å². The van der Waals surface area contributed by atoms with Crippen LogP contribution in [0.1, 0.15) is 71.1 Å². The maximum Gasteiger partial charge on any atom is 0.303 e. The lowest BCUT2D eigenvalue weighted by Gasteiger charge is -2.09. The van der Waals surface area contributed by atoms with Crippen molar-refractivity contribution in [2.75, 3.05) is 0 Å². The Balaban J connectivity index is 3.19. The molecule has 0 aromatic rings. The first kappa shape index (κ1) is 16.9. The van der Waals surface area contributed by atoms with E-state index in [2.05, 4.69) is 6.92 Å². The molecule has 0 rings (SSSR count). The van der Waals surface area contributed by atoms with Crippen LogP contribution in [0, 0.1) is 5.92 Å². The van der Waals surface area contributed by atoms with Crippen LogP contribution in [-0.4, -0.2) is 22.2 Å². The van der Waals surface area contributed by atoms with Crippen molar-refractivity contribution >= 4 is 11.9 Å². The van der Waals surface area contributed by atoms with E-state index in [4.69, 9.17) is 10.2 Å². The second-order valence-electron chi connectivity index (χ2n) is 5.09. The molecule has 0 aliphatic rings. The third-order valence-corrected chi connectivity index (χ3v) is 3.19. The normalized spacial score (nSPS) is 12.3. The number of hydrogen-bond acceptors (Lipinski definition) is 2. The number of unbranched alkanes of at least 4 members (excludes halogenated alkanes) is 5. The number of carbonyl (C=O) groups is 2. The minimum atomic E-state index is -0.708. The lowest BCUT2D eigenvalue weighted by molar-refractivity contribution is -0.138. The number of carboxylic acid groups (broad SMARTS) is 2. The van der Waals surface area contributed by atoms with Crippen LogP contribution in [0.5, 0.6) is 0 Å². The van der Waals surface area contributed by atoms with Crippen molar-refractivity contribution in [1.82, 2.24) is 0 Å². The fraction of sp³-hybridized carbons (Fsp3) is 0.857. The summed E-state index contributed by atoms with van der Waals surface area (Å²) in [6.07, 6.45) is 8.80. The molecule has 0 bridgehead atoms. The standard InChI is InChI=1S/C14H26O4/c1-12(10-11-14(17)18)8-6-4-2-3-5-7-9-13(15)16/h12H,2-11H2,1H3,(H,15,16)(H,17,18). The molecule has 4 heteroatoms. The molecular weight excluding hydrogens is 232 g/mol. The zero-order chi connectivity index (χ0) is 13.8. The zero-order valence-corrected chi connectivity index (χ0v) is 11.4. The predicted molar refractivity (Wildman–Crippen MR) is 70.6 cm³/mol. The van der Waals surface area contributed by atoms with Crippen LogP contribution >= 0.6 is 0 Å². The van der Waals surface area contributed by atoms with Crippen LogP contribution < -0.4 is 0 Å². The molecule has 2 N–H and O–H groups in total. The van der Waals surface area contributed by atoms with E-state index < -0.39 is 11.9 Å². The van der Waals surface area contributed by atoms with E-state index in [1.165, 1.54) is 6.42 Å². The van der Waals surface area contributed by atoms with Crippen LogP contribution in [0.25, 0.3) is 0 Å². The molecule has 18 heavy (non-hydrogen) atoms. The molecule has 0 fully saturated rings. The van der Waals surface area contributed by atoms with Gasteiger partial charge >= 0.3 is 11.9 Å². The van der Waals surface area contributed by atoms with Gasteiger partial charge in [-0.15, -0.1) is 0 Å². The molecule has 0 aliphatic carbocycles. The molecule has 0 saturated carbocycles. The van der Waals surface area contributed by atoms with Crippen LogP contribution in [0.15, 0.2) is 0 Å². The second kappa shape index (κ2) is 11.1. The van der Waals surface area contributed by atoms with Gasteiger partial charge in [0.15, 0.2) is 0 Å². The summed E-state index contributed by atoms with van der Waals surface area (Å²) in [5.74, 6) is -0.921. The molecular formula is C14H26O4. The van der Waals surface area contributed by atoms with E-state index in [1.807, 2.05) is 0 Å². The summed E-state index contributed by atoms with van der Waals surface area (Å²) in [6.45, 7) is 2.11. The van der Waals surface area contributed by atoms with Gasteiger partial charge in [0.2, 0.25) is 0 Å². The van der Waals surface area contributed by atoms with E-state index in [0.717, 1.165) is 44.9 Å². The van der Waals surface area contributed by atoms with E-state index in [1.54, 1.807) is 0 Å². The molecule has 0 aromatic carbocycles. The van der Waals surface area contributed by atoms with E-state index in [-0.39, 0.29) is 12.8 Å².